The van der Waals surface area contributed by atoms with Gasteiger partial charge in [-0.2, -0.15) is 0 Å². The summed E-state index contributed by atoms with van der Waals surface area (Å²) in [6.45, 7) is 3.03. The van der Waals surface area contributed by atoms with E-state index in [1.54, 1.807) is 54.7 Å². The smallest absolute Gasteiger partial charge is 0.251 e. The van der Waals surface area contributed by atoms with E-state index in [1.807, 2.05) is 24.3 Å². The molecule has 0 aliphatic carbocycles. The number of aliphatic hydroxyl groups is 1. The van der Waals surface area contributed by atoms with Crippen molar-refractivity contribution in [3.05, 3.63) is 125 Å². The van der Waals surface area contributed by atoms with E-state index < -0.39 is 16.1 Å². The topological polar surface area (TPSA) is 176 Å². The summed E-state index contributed by atoms with van der Waals surface area (Å²) in [4.78, 5) is 29.3. The Labute approximate surface area is 269 Å². The van der Waals surface area contributed by atoms with Crippen molar-refractivity contribution in [3.63, 3.8) is 0 Å². The molecule has 4 rings (SSSR count). The monoisotopic (exact) mass is 644 g/mol. The lowest BCUT2D eigenvalue weighted by atomic mass is 10.0. The van der Waals surface area contributed by atoms with Gasteiger partial charge in [-0.3, -0.25) is 9.59 Å². The van der Waals surface area contributed by atoms with Gasteiger partial charge in [0.1, 0.15) is 5.82 Å². The molecule has 242 valence electrons. The number of hydrogen-bond acceptors (Lipinski definition) is 8. The number of amides is 2. The van der Waals surface area contributed by atoms with Crippen molar-refractivity contribution in [2.75, 3.05) is 19.3 Å². The van der Waals surface area contributed by atoms with E-state index in [0.717, 1.165) is 28.7 Å². The van der Waals surface area contributed by atoms with Gasteiger partial charge >= 0.3 is 0 Å². The maximum Gasteiger partial charge on any atom is 0.251 e. The molecule has 1 heterocycles. The Bertz CT molecular complexity index is 1700. The summed E-state index contributed by atoms with van der Waals surface area (Å²) in [5, 5.41) is 19.5. The molecule has 0 radical (unpaired) electrons. The number of rotatable bonds is 15. The highest BCUT2D eigenvalue weighted by Gasteiger charge is 2.13. The SMILES string of the molecule is CNS(=O)(=O)c1ccc(CNC(=O)c2ccc(CNC(=O)Cc3ccc(C[C@@H](C)NC[C@H](O)c4ccc(N)nc4)cc3)cc2)cc1. The van der Waals surface area contributed by atoms with Crippen LogP contribution in [0.15, 0.2) is 96.0 Å². The molecule has 0 aliphatic rings. The van der Waals surface area contributed by atoms with Gasteiger partial charge in [0.2, 0.25) is 15.9 Å². The van der Waals surface area contributed by atoms with Crippen LogP contribution in [0.3, 0.4) is 0 Å². The molecule has 46 heavy (non-hydrogen) atoms. The normalized spacial score (nSPS) is 12.7. The summed E-state index contributed by atoms with van der Waals surface area (Å²) in [6, 6.07) is 24.7. The number of nitrogens with zero attached hydrogens (tertiary/aromatic N) is 1. The zero-order valence-corrected chi connectivity index (χ0v) is 26.7. The third-order valence-electron chi connectivity index (χ3n) is 7.44. The molecule has 0 saturated heterocycles. The van der Waals surface area contributed by atoms with Crippen LogP contribution in [0.25, 0.3) is 0 Å². The maximum absolute atomic E-state index is 12.6. The van der Waals surface area contributed by atoms with E-state index in [9.17, 15) is 23.1 Å². The van der Waals surface area contributed by atoms with Crippen LogP contribution in [0.5, 0.6) is 0 Å². The van der Waals surface area contributed by atoms with Crippen LogP contribution in [-0.4, -0.2) is 50.0 Å². The van der Waals surface area contributed by atoms with Crippen LogP contribution >= 0.6 is 0 Å². The van der Waals surface area contributed by atoms with Crippen molar-refractivity contribution in [2.24, 2.45) is 0 Å². The molecule has 1 aromatic heterocycles. The molecule has 7 N–H and O–H groups in total. The minimum atomic E-state index is -3.51. The molecule has 2 amide bonds. The van der Waals surface area contributed by atoms with E-state index in [0.29, 0.717) is 30.0 Å². The summed E-state index contributed by atoms with van der Waals surface area (Å²) < 4.78 is 26.0. The van der Waals surface area contributed by atoms with Crippen molar-refractivity contribution in [3.8, 4) is 0 Å². The van der Waals surface area contributed by atoms with Crippen molar-refractivity contribution in [2.45, 2.75) is 49.9 Å². The molecule has 0 fully saturated rings. The molecule has 11 nitrogen and oxygen atoms in total. The number of anilines is 1. The Kier molecular flexibility index (Phi) is 12.0. The third-order valence-corrected chi connectivity index (χ3v) is 8.87. The number of carbonyl (C=O) groups is 2. The Morgan fingerprint density at radius 3 is 2.02 bits per heavy atom. The van der Waals surface area contributed by atoms with Crippen molar-refractivity contribution < 1.29 is 23.1 Å². The van der Waals surface area contributed by atoms with Gasteiger partial charge in [-0.1, -0.05) is 54.6 Å². The second-order valence-corrected chi connectivity index (χ2v) is 12.9. The Morgan fingerprint density at radius 2 is 1.41 bits per heavy atom. The first-order chi connectivity index (χ1) is 22.0. The first-order valence-electron chi connectivity index (χ1n) is 14.9. The Balaban J connectivity index is 1.16. The average Bonchev–Trinajstić information content (AvgIpc) is 3.06. The number of carbonyl (C=O) groups excluding carboxylic acids is 2. The van der Waals surface area contributed by atoms with E-state index in [4.69, 9.17) is 5.73 Å². The minimum Gasteiger partial charge on any atom is -0.387 e. The number of nitrogens with two attached hydrogens (primary N) is 1. The molecule has 4 aromatic rings. The molecule has 2 atom stereocenters. The lowest BCUT2D eigenvalue weighted by Gasteiger charge is -2.17. The first kappa shape index (κ1) is 34.3. The van der Waals surface area contributed by atoms with Gasteiger partial charge < -0.3 is 26.8 Å². The molecule has 0 spiro atoms. The van der Waals surface area contributed by atoms with Crippen LogP contribution in [0.1, 0.15) is 51.2 Å². The van der Waals surface area contributed by atoms with E-state index in [2.05, 4.69) is 32.6 Å². The van der Waals surface area contributed by atoms with Gasteiger partial charge in [0.05, 0.1) is 17.4 Å². The minimum absolute atomic E-state index is 0.107. The highest BCUT2D eigenvalue weighted by molar-refractivity contribution is 7.89. The molecule has 0 bridgehead atoms. The third kappa shape index (κ3) is 10.2. The summed E-state index contributed by atoms with van der Waals surface area (Å²) >= 11 is 0. The van der Waals surface area contributed by atoms with Crippen molar-refractivity contribution >= 4 is 27.7 Å². The number of benzene rings is 3. The molecule has 0 saturated carbocycles. The highest BCUT2D eigenvalue weighted by atomic mass is 32.2. The lowest BCUT2D eigenvalue weighted by molar-refractivity contribution is -0.120. The van der Waals surface area contributed by atoms with Gasteiger partial charge in [0.15, 0.2) is 0 Å². The number of aliphatic hydroxyl groups excluding tert-OH is 1. The van der Waals surface area contributed by atoms with Gasteiger partial charge in [0, 0.05) is 43.0 Å². The van der Waals surface area contributed by atoms with Crippen molar-refractivity contribution in [1.29, 1.82) is 0 Å². The quantitative estimate of drug-likeness (QED) is 0.114. The van der Waals surface area contributed by atoms with Crippen LogP contribution in [0.4, 0.5) is 5.82 Å². The largest absolute Gasteiger partial charge is 0.387 e. The summed E-state index contributed by atoms with van der Waals surface area (Å²) in [6.07, 6.45) is 1.92. The van der Waals surface area contributed by atoms with E-state index in [-0.39, 0.29) is 35.7 Å². The van der Waals surface area contributed by atoms with Gasteiger partial charge in [0.25, 0.3) is 5.91 Å². The number of nitrogens with one attached hydrogen (secondary N) is 4. The van der Waals surface area contributed by atoms with Crippen LogP contribution in [0, 0.1) is 0 Å². The van der Waals surface area contributed by atoms with Gasteiger partial charge in [-0.25, -0.2) is 18.1 Å². The molecular weight excluding hydrogens is 604 g/mol. The number of nitrogen functional groups attached to an aromatic ring is 1. The molecule has 0 unspecified atom stereocenters. The Morgan fingerprint density at radius 1 is 0.826 bits per heavy atom. The number of hydrogen-bond donors (Lipinski definition) is 6. The van der Waals surface area contributed by atoms with E-state index >= 15 is 0 Å². The highest BCUT2D eigenvalue weighted by Crippen LogP contribution is 2.14. The fourth-order valence-corrected chi connectivity index (χ4v) is 5.40. The second kappa shape index (κ2) is 16.1. The maximum atomic E-state index is 12.6. The second-order valence-electron chi connectivity index (χ2n) is 11.0. The number of aromatic nitrogens is 1. The summed E-state index contributed by atoms with van der Waals surface area (Å²) in [7, 11) is -2.16. The standard InChI is InChI=1S/C34H40N6O5S/c1-23(37-22-31(41)29-13-16-32(35)38-21-29)17-24-3-5-25(6-4-24)18-33(42)39-19-26-7-11-28(12-8-26)34(43)40-20-27-9-14-30(15-10-27)46(44,45)36-2/h3-16,21,23,31,36-37,41H,17-20,22H2,1-2H3,(H2,35,38)(H,39,42)(H,40,43)/t23-,31+/m1/s1. The number of pyridine rings is 1. The van der Waals surface area contributed by atoms with Crippen LogP contribution in [0.2, 0.25) is 0 Å². The lowest BCUT2D eigenvalue weighted by Crippen LogP contribution is -2.32. The predicted molar refractivity (Wildman–Crippen MR) is 177 cm³/mol. The zero-order chi connectivity index (χ0) is 33.1. The van der Waals surface area contributed by atoms with E-state index in [1.165, 1.54) is 19.2 Å². The van der Waals surface area contributed by atoms with Gasteiger partial charge in [-0.15, -0.1) is 0 Å². The fourth-order valence-electron chi connectivity index (χ4n) is 4.67. The molecule has 12 heteroatoms. The molecule has 0 aliphatic heterocycles. The van der Waals surface area contributed by atoms with Gasteiger partial charge in [-0.05, 0) is 73.0 Å². The summed E-state index contributed by atoms with van der Waals surface area (Å²) in [5.41, 5.74) is 10.4. The van der Waals surface area contributed by atoms with Crippen molar-refractivity contribution in [1.82, 2.24) is 25.7 Å². The Hall–Kier alpha value is -4.62. The number of sulfonamides is 1. The van der Waals surface area contributed by atoms with Crippen LogP contribution < -0.4 is 26.4 Å². The molecular formula is C34H40N6O5S. The summed E-state index contributed by atoms with van der Waals surface area (Å²) in [5.74, 6) is 0.0476. The first-order valence-corrected chi connectivity index (χ1v) is 16.4. The fraction of sp³-hybridized carbons (Fsp3) is 0.265. The van der Waals surface area contributed by atoms with Crippen LogP contribution in [-0.2, 0) is 40.7 Å². The zero-order valence-electron chi connectivity index (χ0n) is 25.9. The molecule has 3 aromatic carbocycles. The average molecular weight is 645 g/mol. The predicted octanol–water partition coefficient (Wildman–Crippen LogP) is 2.62.